The molecule has 72 valence electrons. The van der Waals surface area contributed by atoms with Crippen LogP contribution in [-0.2, 0) is 6.42 Å². The molecule has 0 spiro atoms. The topological polar surface area (TPSA) is 22.1 Å². The molecule has 0 saturated heterocycles. The molecule has 2 aromatic rings. The van der Waals surface area contributed by atoms with Crippen molar-refractivity contribution in [2.45, 2.75) is 13.3 Å². The van der Waals surface area contributed by atoms with E-state index in [4.69, 9.17) is 4.74 Å². The van der Waals surface area contributed by atoms with E-state index in [0.29, 0.717) is 0 Å². The van der Waals surface area contributed by atoms with E-state index in [-0.39, 0.29) is 0 Å². The fraction of sp³-hybridized carbons (Fsp3) is 0.250. The molecule has 2 nitrogen and oxygen atoms in total. The first-order valence-corrected chi connectivity index (χ1v) is 4.76. The van der Waals surface area contributed by atoms with Crippen molar-refractivity contribution >= 4 is 10.9 Å². The quantitative estimate of drug-likeness (QED) is 0.721. The normalized spacial score (nSPS) is 10.4. The molecular formula is C12H13NO. The molecule has 0 radical (unpaired) electrons. The van der Waals surface area contributed by atoms with E-state index in [1.54, 1.807) is 7.11 Å². The minimum absolute atomic E-state index is 0.856. The molecular weight excluding hydrogens is 174 g/mol. The zero-order valence-corrected chi connectivity index (χ0v) is 8.45. The van der Waals surface area contributed by atoms with E-state index in [9.17, 15) is 0 Å². The Morgan fingerprint density at radius 3 is 2.86 bits per heavy atom. The molecule has 1 aromatic heterocycles. The third-order valence-electron chi connectivity index (χ3n) is 2.36. The molecule has 0 aliphatic rings. The van der Waals surface area contributed by atoms with Crippen LogP contribution in [0.2, 0.25) is 0 Å². The van der Waals surface area contributed by atoms with E-state index in [1.807, 2.05) is 24.4 Å². The van der Waals surface area contributed by atoms with Crippen LogP contribution >= 0.6 is 0 Å². The van der Waals surface area contributed by atoms with Gasteiger partial charge in [-0.3, -0.25) is 4.98 Å². The van der Waals surface area contributed by atoms with Crippen LogP contribution in [0.4, 0.5) is 0 Å². The molecule has 2 heteroatoms. The first-order valence-electron chi connectivity index (χ1n) is 4.76. The Morgan fingerprint density at radius 1 is 1.29 bits per heavy atom. The molecule has 0 atom stereocenters. The number of pyridine rings is 1. The Morgan fingerprint density at radius 2 is 2.14 bits per heavy atom. The van der Waals surface area contributed by atoms with E-state index in [1.165, 1.54) is 10.9 Å². The smallest absolute Gasteiger partial charge is 0.121 e. The summed E-state index contributed by atoms with van der Waals surface area (Å²) in [6.45, 7) is 2.13. The van der Waals surface area contributed by atoms with Gasteiger partial charge in [-0.15, -0.1) is 0 Å². The fourth-order valence-electron chi connectivity index (χ4n) is 1.47. The van der Waals surface area contributed by atoms with Gasteiger partial charge < -0.3 is 4.74 Å². The Hall–Kier alpha value is -1.57. The van der Waals surface area contributed by atoms with Crippen molar-refractivity contribution in [1.29, 1.82) is 0 Å². The molecule has 2 rings (SSSR count). The van der Waals surface area contributed by atoms with Crippen LogP contribution in [0.1, 0.15) is 12.5 Å². The molecule has 0 aliphatic heterocycles. The van der Waals surface area contributed by atoms with Gasteiger partial charge in [0.1, 0.15) is 5.75 Å². The van der Waals surface area contributed by atoms with Crippen molar-refractivity contribution in [2.75, 3.05) is 7.11 Å². The van der Waals surface area contributed by atoms with Gasteiger partial charge in [0, 0.05) is 17.6 Å². The summed E-state index contributed by atoms with van der Waals surface area (Å²) in [6, 6.07) is 8.13. The van der Waals surface area contributed by atoms with Crippen molar-refractivity contribution in [3.63, 3.8) is 0 Å². The fourth-order valence-corrected chi connectivity index (χ4v) is 1.47. The maximum atomic E-state index is 5.14. The van der Waals surface area contributed by atoms with Crippen LogP contribution in [0.5, 0.6) is 5.75 Å². The van der Waals surface area contributed by atoms with Crippen molar-refractivity contribution in [2.24, 2.45) is 0 Å². The summed E-state index contributed by atoms with van der Waals surface area (Å²) >= 11 is 0. The number of aryl methyl sites for hydroxylation is 1. The minimum Gasteiger partial charge on any atom is -0.497 e. The van der Waals surface area contributed by atoms with Crippen molar-refractivity contribution in [1.82, 2.24) is 4.98 Å². The Balaban J connectivity index is 2.57. The number of rotatable bonds is 2. The summed E-state index contributed by atoms with van der Waals surface area (Å²) < 4.78 is 5.14. The average Bonchev–Trinajstić information content (AvgIpc) is 2.27. The minimum atomic E-state index is 0.856. The first kappa shape index (κ1) is 9.00. The van der Waals surface area contributed by atoms with E-state index >= 15 is 0 Å². The van der Waals surface area contributed by atoms with Gasteiger partial charge >= 0.3 is 0 Å². The van der Waals surface area contributed by atoms with Crippen LogP contribution < -0.4 is 4.74 Å². The summed E-state index contributed by atoms with van der Waals surface area (Å²) in [5.41, 5.74) is 2.25. The van der Waals surface area contributed by atoms with Crippen molar-refractivity contribution < 1.29 is 4.74 Å². The molecule has 0 fully saturated rings. The number of hydrogen-bond donors (Lipinski definition) is 0. The number of aromatic nitrogens is 1. The Labute approximate surface area is 83.5 Å². The van der Waals surface area contributed by atoms with Crippen molar-refractivity contribution in [3.8, 4) is 5.75 Å². The Bertz CT molecular complexity index is 408. The summed E-state index contributed by atoms with van der Waals surface area (Å²) in [5, 5.41) is 1.17. The number of hydrogen-bond acceptors (Lipinski definition) is 2. The van der Waals surface area contributed by atoms with Crippen LogP contribution in [0.25, 0.3) is 10.9 Å². The lowest BCUT2D eigenvalue weighted by Crippen LogP contribution is -1.87. The highest BCUT2D eigenvalue weighted by atomic mass is 16.5. The lowest BCUT2D eigenvalue weighted by molar-refractivity contribution is 0.415. The molecule has 1 aromatic carbocycles. The second-order valence-corrected chi connectivity index (χ2v) is 3.26. The molecule has 0 amide bonds. The molecule has 0 unspecified atom stereocenters. The summed E-state index contributed by atoms with van der Waals surface area (Å²) in [7, 11) is 1.67. The number of benzene rings is 1. The number of methoxy groups -OCH3 is 1. The highest BCUT2D eigenvalue weighted by molar-refractivity contribution is 5.80. The van der Waals surface area contributed by atoms with Gasteiger partial charge in [0.05, 0.1) is 12.6 Å². The number of ether oxygens (including phenoxy) is 1. The maximum Gasteiger partial charge on any atom is 0.121 e. The largest absolute Gasteiger partial charge is 0.497 e. The van der Waals surface area contributed by atoms with Gasteiger partial charge in [-0.25, -0.2) is 0 Å². The summed E-state index contributed by atoms with van der Waals surface area (Å²) in [5.74, 6) is 0.856. The lowest BCUT2D eigenvalue weighted by Gasteiger charge is -2.03. The molecule has 14 heavy (non-hydrogen) atoms. The predicted octanol–water partition coefficient (Wildman–Crippen LogP) is 2.81. The monoisotopic (exact) mass is 187 g/mol. The third kappa shape index (κ3) is 1.55. The third-order valence-corrected chi connectivity index (χ3v) is 2.36. The SMILES string of the molecule is CCc1cnc2cc(OC)ccc2c1. The molecule has 0 aliphatic carbocycles. The van der Waals surface area contributed by atoms with Crippen molar-refractivity contribution in [3.05, 3.63) is 36.0 Å². The molecule has 0 saturated carbocycles. The average molecular weight is 187 g/mol. The highest BCUT2D eigenvalue weighted by Crippen LogP contribution is 2.19. The summed E-state index contributed by atoms with van der Waals surface area (Å²) in [4.78, 5) is 4.38. The second kappa shape index (κ2) is 3.66. The van der Waals surface area contributed by atoms with Gasteiger partial charge in [0.2, 0.25) is 0 Å². The van der Waals surface area contributed by atoms with Crippen LogP contribution in [0, 0.1) is 0 Å². The van der Waals surface area contributed by atoms with Crippen LogP contribution in [0.15, 0.2) is 30.5 Å². The standard InChI is InChI=1S/C12H13NO/c1-3-9-6-10-4-5-11(14-2)7-12(10)13-8-9/h4-8H,3H2,1-2H3. The molecule has 0 N–H and O–H groups in total. The summed E-state index contributed by atoms with van der Waals surface area (Å²) in [6.07, 6.45) is 2.94. The van der Waals surface area contributed by atoms with Gasteiger partial charge in [-0.1, -0.05) is 6.92 Å². The van der Waals surface area contributed by atoms with Gasteiger partial charge in [0.15, 0.2) is 0 Å². The molecule has 1 heterocycles. The first-order chi connectivity index (χ1) is 6.83. The zero-order chi connectivity index (χ0) is 9.97. The number of fused-ring (bicyclic) bond motifs is 1. The lowest BCUT2D eigenvalue weighted by atomic mass is 10.1. The van der Waals surface area contributed by atoms with E-state index < -0.39 is 0 Å². The van der Waals surface area contributed by atoms with E-state index in [0.717, 1.165) is 17.7 Å². The van der Waals surface area contributed by atoms with E-state index in [2.05, 4.69) is 18.0 Å². The predicted molar refractivity (Wildman–Crippen MR) is 57.7 cm³/mol. The highest BCUT2D eigenvalue weighted by Gasteiger charge is 1.98. The van der Waals surface area contributed by atoms with Crippen LogP contribution in [0.3, 0.4) is 0 Å². The Kier molecular flexibility index (Phi) is 2.35. The van der Waals surface area contributed by atoms with Gasteiger partial charge in [0.25, 0.3) is 0 Å². The maximum absolute atomic E-state index is 5.14. The van der Waals surface area contributed by atoms with Crippen LogP contribution in [-0.4, -0.2) is 12.1 Å². The second-order valence-electron chi connectivity index (χ2n) is 3.26. The van der Waals surface area contributed by atoms with Gasteiger partial charge in [-0.05, 0) is 30.2 Å². The number of nitrogens with zero attached hydrogens (tertiary/aromatic N) is 1. The zero-order valence-electron chi connectivity index (χ0n) is 8.45. The molecule has 0 bridgehead atoms. The van der Waals surface area contributed by atoms with Gasteiger partial charge in [-0.2, -0.15) is 0 Å².